The van der Waals surface area contributed by atoms with Gasteiger partial charge in [0.15, 0.2) is 0 Å². The number of cyclic esters (lactones) is 1. The molecular formula is C19H18N2O3. The van der Waals surface area contributed by atoms with Crippen molar-refractivity contribution in [2.45, 2.75) is 18.9 Å². The summed E-state index contributed by atoms with van der Waals surface area (Å²) in [7, 11) is 0. The van der Waals surface area contributed by atoms with Gasteiger partial charge in [-0.15, -0.1) is 0 Å². The van der Waals surface area contributed by atoms with Gasteiger partial charge < -0.3 is 10.1 Å². The first-order valence-electron chi connectivity index (χ1n) is 7.85. The van der Waals surface area contributed by atoms with Gasteiger partial charge in [-0.25, -0.2) is 4.79 Å². The molecule has 24 heavy (non-hydrogen) atoms. The first-order chi connectivity index (χ1) is 11.7. The second kappa shape index (κ2) is 7.55. The van der Waals surface area contributed by atoms with Crippen LogP contribution in [0.15, 0.2) is 59.6 Å². The van der Waals surface area contributed by atoms with Crippen molar-refractivity contribution in [3.05, 3.63) is 65.7 Å². The van der Waals surface area contributed by atoms with Crippen molar-refractivity contribution in [2.24, 2.45) is 4.99 Å². The molecule has 1 aliphatic rings. The Morgan fingerprint density at radius 1 is 1.17 bits per heavy atom. The fourth-order valence-corrected chi connectivity index (χ4v) is 2.45. The van der Waals surface area contributed by atoms with Gasteiger partial charge in [-0.3, -0.25) is 9.79 Å². The molecule has 1 fully saturated rings. The average molecular weight is 322 g/mol. The predicted molar refractivity (Wildman–Crippen MR) is 91.3 cm³/mol. The Morgan fingerprint density at radius 2 is 1.92 bits per heavy atom. The van der Waals surface area contributed by atoms with Crippen LogP contribution in [0.5, 0.6) is 0 Å². The number of hydrogen-bond donors (Lipinski definition) is 1. The smallest absolute Gasteiger partial charge is 0.328 e. The SMILES string of the molecule is O=C(Cc1ccc(N=Cc2ccccc2)cc1)N[C@@H]1CCOC1=O. The van der Waals surface area contributed by atoms with Crippen LogP contribution in [0.2, 0.25) is 0 Å². The topological polar surface area (TPSA) is 67.8 Å². The molecule has 0 bridgehead atoms. The van der Waals surface area contributed by atoms with Crippen molar-refractivity contribution in [1.29, 1.82) is 0 Å². The maximum absolute atomic E-state index is 12.0. The molecule has 2 aromatic carbocycles. The molecule has 2 aromatic rings. The number of rotatable bonds is 5. The molecule has 0 radical (unpaired) electrons. The highest BCUT2D eigenvalue weighted by Crippen LogP contribution is 2.14. The van der Waals surface area contributed by atoms with Gasteiger partial charge >= 0.3 is 5.97 Å². The van der Waals surface area contributed by atoms with Crippen molar-refractivity contribution < 1.29 is 14.3 Å². The Morgan fingerprint density at radius 3 is 2.58 bits per heavy atom. The zero-order valence-corrected chi connectivity index (χ0v) is 13.1. The molecule has 1 atom stereocenters. The molecule has 0 spiro atoms. The zero-order valence-electron chi connectivity index (χ0n) is 13.1. The van der Waals surface area contributed by atoms with E-state index in [2.05, 4.69) is 10.3 Å². The normalized spacial score (nSPS) is 17.0. The van der Waals surface area contributed by atoms with Gasteiger partial charge in [0.2, 0.25) is 5.91 Å². The first-order valence-corrected chi connectivity index (χ1v) is 7.85. The van der Waals surface area contributed by atoms with Crippen molar-refractivity contribution >= 4 is 23.8 Å². The summed E-state index contributed by atoms with van der Waals surface area (Å²) in [5, 5.41) is 2.70. The molecule has 1 saturated heterocycles. The van der Waals surface area contributed by atoms with E-state index in [0.717, 1.165) is 16.8 Å². The summed E-state index contributed by atoms with van der Waals surface area (Å²) in [6, 6.07) is 16.8. The van der Waals surface area contributed by atoms with Gasteiger partial charge in [-0.1, -0.05) is 42.5 Å². The van der Waals surface area contributed by atoms with E-state index in [1.165, 1.54) is 0 Å². The lowest BCUT2D eigenvalue weighted by molar-refractivity contribution is -0.141. The third-order valence-electron chi connectivity index (χ3n) is 3.73. The zero-order chi connectivity index (χ0) is 16.8. The Kier molecular flexibility index (Phi) is 5.01. The number of carbonyl (C=O) groups is 2. The summed E-state index contributed by atoms with van der Waals surface area (Å²) in [4.78, 5) is 27.7. The van der Waals surface area contributed by atoms with Crippen LogP contribution in [0.4, 0.5) is 5.69 Å². The van der Waals surface area contributed by atoms with Crippen LogP contribution < -0.4 is 5.32 Å². The van der Waals surface area contributed by atoms with E-state index in [9.17, 15) is 9.59 Å². The number of nitrogens with zero attached hydrogens (tertiary/aromatic N) is 1. The van der Waals surface area contributed by atoms with Crippen LogP contribution >= 0.6 is 0 Å². The maximum atomic E-state index is 12.0. The van der Waals surface area contributed by atoms with Crippen LogP contribution in [0.3, 0.4) is 0 Å². The summed E-state index contributed by atoms with van der Waals surface area (Å²) >= 11 is 0. The monoisotopic (exact) mass is 322 g/mol. The molecule has 5 nitrogen and oxygen atoms in total. The molecule has 0 aromatic heterocycles. The molecule has 3 rings (SSSR count). The van der Waals surface area contributed by atoms with Crippen LogP contribution in [0.25, 0.3) is 0 Å². The summed E-state index contributed by atoms with van der Waals surface area (Å²) in [5.41, 5.74) is 2.73. The third-order valence-corrected chi connectivity index (χ3v) is 3.73. The lowest BCUT2D eigenvalue weighted by Gasteiger charge is -2.08. The number of nitrogens with one attached hydrogen (secondary N) is 1. The molecule has 5 heteroatoms. The quantitative estimate of drug-likeness (QED) is 0.679. The molecule has 1 heterocycles. The lowest BCUT2D eigenvalue weighted by Crippen LogP contribution is -2.38. The minimum atomic E-state index is -0.507. The van der Waals surface area contributed by atoms with E-state index < -0.39 is 6.04 Å². The van der Waals surface area contributed by atoms with E-state index in [-0.39, 0.29) is 18.3 Å². The second-order valence-corrected chi connectivity index (χ2v) is 5.59. The van der Waals surface area contributed by atoms with Crippen molar-refractivity contribution in [3.8, 4) is 0 Å². The first kappa shape index (κ1) is 15.9. The van der Waals surface area contributed by atoms with E-state index in [1.54, 1.807) is 6.21 Å². The van der Waals surface area contributed by atoms with Crippen LogP contribution in [0.1, 0.15) is 17.5 Å². The molecule has 1 amide bonds. The maximum Gasteiger partial charge on any atom is 0.328 e. The van der Waals surface area contributed by atoms with E-state index in [0.29, 0.717) is 13.0 Å². The van der Waals surface area contributed by atoms with Gasteiger partial charge in [0.25, 0.3) is 0 Å². The minimum Gasteiger partial charge on any atom is -0.464 e. The summed E-state index contributed by atoms with van der Waals surface area (Å²) in [5.74, 6) is -0.534. The summed E-state index contributed by atoms with van der Waals surface area (Å²) in [6.45, 7) is 0.373. The van der Waals surface area contributed by atoms with Crippen LogP contribution in [-0.4, -0.2) is 30.7 Å². The number of benzene rings is 2. The number of carbonyl (C=O) groups excluding carboxylic acids is 2. The standard InChI is InChI=1S/C19H18N2O3/c22-18(21-17-10-11-24-19(17)23)12-14-6-8-16(9-7-14)20-13-15-4-2-1-3-5-15/h1-9,13,17H,10-12H2,(H,21,22)/t17-/m1/s1. The minimum absolute atomic E-state index is 0.181. The van der Waals surface area contributed by atoms with Gasteiger partial charge in [0.05, 0.1) is 18.7 Å². The van der Waals surface area contributed by atoms with Crippen molar-refractivity contribution in [1.82, 2.24) is 5.32 Å². The number of ether oxygens (including phenoxy) is 1. The van der Waals surface area contributed by atoms with Crippen LogP contribution in [-0.2, 0) is 20.7 Å². The van der Waals surface area contributed by atoms with E-state index >= 15 is 0 Å². The fourth-order valence-electron chi connectivity index (χ4n) is 2.45. The molecule has 1 N–H and O–H groups in total. The predicted octanol–water partition coefficient (Wildman–Crippen LogP) is 2.41. The Balaban J connectivity index is 1.55. The van der Waals surface area contributed by atoms with Gasteiger partial charge in [0, 0.05) is 12.6 Å². The number of amides is 1. The van der Waals surface area contributed by atoms with E-state index in [1.807, 2.05) is 54.6 Å². The number of aliphatic imine (C=N–C) groups is 1. The summed E-state index contributed by atoms with van der Waals surface area (Å²) < 4.78 is 4.83. The van der Waals surface area contributed by atoms with Gasteiger partial charge in [-0.2, -0.15) is 0 Å². The molecule has 1 aliphatic heterocycles. The van der Waals surface area contributed by atoms with Crippen LogP contribution in [0, 0.1) is 0 Å². The van der Waals surface area contributed by atoms with E-state index in [4.69, 9.17) is 4.74 Å². The van der Waals surface area contributed by atoms with Crippen molar-refractivity contribution in [2.75, 3.05) is 6.61 Å². The Hall–Kier alpha value is -2.95. The van der Waals surface area contributed by atoms with Gasteiger partial charge in [-0.05, 0) is 23.3 Å². The Bertz CT molecular complexity index is 739. The molecule has 0 unspecified atom stereocenters. The highest BCUT2D eigenvalue weighted by Gasteiger charge is 2.27. The Labute approximate surface area is 140 Å². The third kappa shape index (κ3) is 4.29. The number of esters is 1. The second-order valence-electron chi connectivity index (χ2n) is 5.59. The fraction of sp³-hybridized carbons (Fsp3) is 0.211. The van der Waals surface area contributed by atoms with Crippen molar-refractivity contribution in [3.63, 3.8) is 0 Å². The number of hydrogen-bond acceptors (Lipinski definition) is 4. The average Bonchev–Trinajstić information content (AvgIpc) is 3.00. The molecule has 122 valence electrons. The summed E-state index contributed by atoms with van der Waals surface area (Å²) in [6.07, 6.45) is 2.57. The molecule has 0 aliphatic carbocycles. The molecule has 0 saturated carbocycles. The highest BCUT2D eigenvalue weighted by atomic mass is 16.5. The lowest BCUT2D eigenvalue weighted by atomic mass is 10.1. The molecular weight excluding hydrogens is 304 g/mol. The van der Waals surface area contributed by atoms with Gasteiger partial charge in [0.1, 0.15) is 6.04 Å². The largest absolute Gasteiger partial charge is 0.464 e. The highest BCUT2D eigenvalue weighted by molar-refractivity contribution is 5.86.